The van der Waals surface area contributed by atoms with E-state index in [1.807, 2.05) is 24.3 Å². The fraction of sp³-hybridized carbons (Fsp3) is 0.333. The van der Waals surface area contributed by atoms with Gasteiger partial charge in [-0.05, 0) is 0 Å². The third-order valence-electron chi connectivity index (χ3n) is 2.11. The molecule has 0 heterocycles. The molecule has 4 heteroatoms. The standard InChI is InChI=1S/C12H15INO2/c1-9(15)8-14(3)12(16)10-6-4-5-7-11(10)13-2/h4-7H,8H2,1-3H3/q-1. The van der Waals surface area contributed by atoms with Gasteiger partial charge in [-0.2, -0.15) is 0 Å². The van der Waals surface area contributed by atoms with Gasteiger partial charge in [0.05, 0.1) is 0 Å². The number of carbonyl (C=O) groups excluding carboxylic acids is 2. The molecule has 0 saturated heterocycles. The number of Topliss-reactive ketones (excluding diaryl/α,β-unsaturated/α-hetero) is 1. The molecule has 0 aromatic heterocycles. The molecule has 1 amide bonds. The van der Waals surface area contributed by atoms with Crippen LogP contribution in [-0.2, 0) is 4.79 Å². The summed E-state index contributed by atoms with van der Waals surface area (Å²) in [6.07, 6.45) is 0. The third kappa shape index (κ3) is 3.30. The topological polar surface area (TPSA) is 37.4 Å². The number of amides is 1. The van der Waals surface area contributed by atoms with Gasteiger partial charge in [-0.3, -0.25) is 0 Å². The molecule has 88 valence electrons. The summed E-state index contributed by atoms with van der Waals surface area (Å²) in [6, 6.07) is 7.62. The molecule has 0 atom stereocenters. The zero-order chi connectivity index (χ0) is 12.1. The van der Waals surface area contributed by atoms with Crippen LogP contribution in [0.5, 0.6) is 0 Å². The van der Waals surface area contributed by atoms with E-state index in [9.17, 15) is 9.59 Å². The molecule has 0 unspecified atom stereocenters. The van der Waals surface area contributed by atoms with Crippen LogP contribution in [0.2, 0.25) is 0 Å². The van der Waals surface area contributed by atoms with Gasteiger partial charge in [0.15, 0.2) is 0 Å². The molecule has 0 fully saturated rings. The molecule has 1 aromatic rings. The summed E-state index contributed by atoms with van der Waals surface area (Å²) in [4.78, 5) is 26.6. The molecule has 0 aliphatic rings. The van der Waals surface area contributed by atoms with Crippen molar-refractivity contribution in [2.24, 2.45) is 0 Å². The van der Waals surface area contributed by atoms with E-state index in [2.05, 4.69) is 4.93 Å². The summed E-state index contributed by atoms with van der Waals surface area (Å²) in [5, 5.41) is 0. The summed E-state index contributed by atoms with van der Waals surface area (Å²) in [5.74, 6) is -0.0631. The molecular weight excluding hydrogens is 317 g/mol. The van der Waals surface area contributed by atoms with Gasteiger partial charge in [0, 0.05) is 0 Å². The molecule has 0 saturated carbocycles. The van der Waals surface area contributed by atoms with Crippen molar-refractivity contribution in [2.75, 3.05) is 18.5 Å². The van der Waals surface area contributed by atoms with Gasteiger partial charge in [0.1, 0.15) is 0 Å². The molecular formula is C12H15INO2-. The Morgan fingerprint density at radius 2 is 1.94 bits per heavy atom. The summed E-state index contributed by atoms with van der Waals surface area (Å²) in [6.45, 7) is 1.66. The van der Waals surface area contributed by atoms with E-state index in [1.54, 1.807) is 7.05 Å². The van der Waals surface area contributed by atoms with Crippen LogP contribution in [0.3, 0.4) is 0 Å². The summed E-state index contributed by atoms with van der Waals surface area (Å²) < 4.78 is 1.13. The molecule has 0 bridgehead atoms. The van der Waals surface area contributed by atoms with E-state index >= 15 is 0 Å². The van der Waals surface area contributed by atoms with Crippen LogP contribution in [0.25, 0.3) is 0 Å². The number of rotatable bonds is 4. The van der Waals surface area contributed by atoms with E-state index < -0.39 is 0 Å². The normalized spacial score (nSPS) is 10.2. The Bertz CT molecular complexity index is 404. The van der Waals surface area contributed by atoms with Gasteiger partial charge in [-0.15, -0.1) is 0 Å². The number of nitrogens with zero attached hydrogens (tertiary/aromatic N) is 1. The Balaban J connectivity index is 2.91. The second-order valence-corrected chi connectivity index (χ2v) is 5.77. The number of carbonyl (C=O) groups is 2. The monoisotopic (exact) mass is 332 g/mol. The van der Waals surface area contributed by atoms with Crippen LogP contribution < -0.4 is 21.2 Å². The van der Waals surface area contributed by atoms with Crippen molar-refractivity contribution < 1.29 is 30.8 Å². The van der Waals surface area contributed by atoms with E-state index in [4.69, 9.17) is 0 Å². The van der Waals surface area contributed by atoms with Gasteiger partial charge < -0.3 is 0 Å². The molecule has 1 rings (SSSR count). The number of likely N-dealkylation sites (N-methyl/N-ethyl adjacent to an activating group) is 1. The van der Waals surface area contributed by atoms with Gasteiger partial charge in [-0.1, -0.05) is 0 Å². The first kappa shape index (κ1) is 13.2. The van der Waals surface area contributed by atoms with Crippen molar-refractivity contribution in [2.45, 2.75) is 6.92 Å². The van der Waals surface area contributed by atoms with Gasteiger partial charge in [0.25, 0.3) is 0 Å². The number of halogens is 1. The van der Waals surface area contributed by atoms with Crippen molar-refractivity contribution in [3.05, 3.63) is 33.4 Å². The average molecular weight is 332 g/mol. The van der Waals surface area contributed by atoms with Crippen LogP contribution >= 0.6 is 0 Å². The van der Waals surface area contributed by atoms with Gasteiger partial charge in [-0.25, -0.2) is 0 Å². The van der Waals surface area contributed by atoms with Crippen LogP contribution in [-0.4, -0.2) is 35.1 Å². The average Bonchev–Trinajstić information content (AvgIpc) is 2.27. The zero-order valence-electron chi connectivity index (χ0n) is 9.66. The minimum atomic E-state index is -0.125. The predicted octanol–water partition coefficient (Wildman–Crippen LogP) is -1.76. The maximum absolute atomic E-state index is 12.1. The summed E-state index contributed by atoms with van der Waals surface area (Å²) >= 11 is -0.125. The number of hydrogen-bond donors (Lipinski definition) is 0. The van der Waals surface area contributed by atoms with Crippen molar-refractivity contribution in [3.8, 4) is 0 Å². The van der Waals surface area contributed by atoms with Crippen molar-refractivity contribution >= 4 is 11.7 Å². The fourth-order valence-electron chi connectivity index (χ4n) is 1.41. The second kappa shape index (κ2) is 5.98. The van der Waals surface area contributed by atoms with Crippen LogP contribution in [0.1, 0.15) is 17.3 Å². The SMILES string of the molecule is C[I-]c1ccccc1C(=O)N(C)CC(C)=O. The molecule has 3 nitrogen and oxygen atoms in total. The molecule has 0 radical (unpaired) electrons. The molecule has 0 aliphatic heterocycles. The first-order valence-electron chi connectivity index (χ1n) is 4.89. The molecule has 0 aliphatic carbocycles. The minimum absolute atomic E-state index is 0.000437. The number of benzene rings is 1. The molecule has 16 heavy (non-hydrogen) atoms. The van der Waals surface area contributed by atoms with Crippen LogP contribution in [0, 0.1) is 3.57 Å². The predicted molar refractivity (Wildman–Crippen MR) is 58.7 cm³/mol. The number of alkyl halides is 1. The zero-order valence-corrected chi connectivity index (χ0v) is 11.8. The maximum atomic E-state index is 12.1. The van der Waals surface area contributed by atoms with Crippen molar-refractivity contribution in [1.82, 2.24) is 4.90 Å². The second-order valence-electron chi connectivity index (χ2n) is 3.53. The van der Waals surface area contributed by atoms with Crippen molar-refractivity contribution in [3.63, 3.8) is 0 Å². The first-order valence-corrected chi connectivity index (χ1v) is 8.13. The van der Waals surface area contributed by atoms with Gasteiger partial charge >= 0.3 is 106 Å². The number of hydrogen-bond acceptors (Lipinski definition) is 2. The molecule has 1 aromatic carbocycles. The van der Waals surface area contributed by atoms with E-state index in [0.717, 1.165) is 9.13 Å². The van der Waals surface area contributed by atoms with Crippen LogP contribution in [0.4, 0.5) is 0 Å². The van der Waals surface area contributed by atoms with Crippen LogP contribution in [0.15, 0.2) is 24.3 Å². The molecule has 0 N–H and O–H groups in total. The van der Waals surface area contributed by atoms with E-state index in [0.29, 0.717) is 0 Å². The summed E-state index contributed by atoms with van der Waals surface area (Å²) in [7, 11) is 1.66. The molecule has 0 spiro atoms. The fourth-order valence-corrected chi connectivity index (χ4v) is 2.97. The third-order valence-corrected chi connectivity index (χ3v) is 4.22. The van der Waals surface area contributed by atoms with Crippen molar-refractivity contribution in [1.29, 1.82) is 0 Å². The van der Waals surface area contributed by atoms with E-state index in [1.165, 1.54) is 11.8 Å². The Hall–Kier alpha value is -0.910. The Kier molecular flexibility index (Phi) is 4.92. The number of ketones is 1. The Morgan fingerprint density at radius 3 is 2.50 bits per heavy atom. The Labute approximate surface area is 106 Å². The van der Waals surface area contributed by atoms with Gasteiger partial charge in [0.2, 0.25) is 0 Å². The van der Waals surface area contributed by atoms with E-state index in [-0.39, 0.29) is 39.4 Å². The first-order chi connectivity index (χ1) is 7.56. The quantitative estimate of drug-likeness (QED) is 0.484. The summed E-state index contributed by atoms with van der Waals surface area (Å²) in [5.41, 5.74) is 0.738. The Morgan fingerprint density at radius 1 is 1.31 bits per heavy atom.